The number of hydrogen-bond acceptors (Lipinski definition) is 5. The van der Waals surface area contributed by atoms with E-state index in [4.69, 9.17) is 0 Å². The number of imidazole rings is 1. The quantitative estimate of drug-likeness (QED) is 0.831. The molecule has 0 saturated heterocycles. The van der Waals surface area contributed by atoms with Gasteiger partial charge in [-0.2, -0.15) is 8.75 Å². The zero-order chi connectivity index (χ0) is 9.97. The van der Waals surface area contributed by atoms with Crippen molar-refractivity contribution in [2.24, 2.45) is 0 Å². The lowest BCUT2D eigenvalue weighted by Gasteiger charge is -2.02. The third-order valence-corrected chi connectivity index (χ3v) is 2.52. The summed E-state index contributed by atoms with van der Waals surface area (Å²) in [6.07, 6.45) is 3.71. The van der Waals surface area contributed by atoms with Crippen molar-refractivity contribution in [2.45, 2.75) is 13.5 Å². The topological polar surface area (TPSA) is 55.6 Å². The van der Waals surface area contributed by atoms with Gasteiger partial charge in [0.05, 0.1) is 11.7 Å². The number of nitrogens with zero attached hydrogens (tertiary/aromatic N) is 4. The Hall–Kier alpha value is -1.43. The second kappa shape index (κ2) is 3.75. The summed E-state index contributed by atoms with van der Waals surface area (Å²) < 4.78 is 10.4. The fourth-order valence-electron chi connectivity index (χ4n) is 1.28. The van der Waals surface area contributed by atoms with Gasteiger partial charge < -0.3 is 9.88 Å². The summed E-state index contributed by atoms with van der Waals surface area (Å²) in [6.45, 7) is 2.96. The summed E-state index contributed by atoms with van der Waals surface area (Å²) in [7, 11) is 1.83. The van der Waals surface area contributed by atoms with E-state index in [-0.39, 0.29) is 0 Å². The third-order valence-electron chi connectivity index (χ3n) is 1.99. The first kappa shape index (κ1) is 9.14. The highest BCUT2D eigenvalue weighted by atomic mass is 32.1. The van der Waals surface area contributed by atoms with Crippen molar-refractivity contribution in [2.75, 3.05) is 12.4 Å². The number of anilines is 1. The minimum absolute atomic E-state index is 0.788. The van der Waals surface area contributed by atoms with Crippen molar-refractivity contribution < 1.29 is 0 Å². The van der Waals surface area contributed by atoms with Crippen molar-refractivity contribution in [3.63, 3.8) is 0 Å². The molecule has 0 radical (unpaired) electrons. The van der Waals surface area contributed by atoms with Crippen LogP contribution in [-0.4, -0.2) is 25.3 Å². The molecule has 2 rings (SSSR count). The zero-order valence-corrected chi connectivity index (χ0v) is 8.88. The molecular weight excluding hydrogens is 198 g/mol. The molecule has 0 aliphatic carbocycles. The van der Waals surface area contributed by atoms with Crippen LogP contribution in [0.4, 0.5) is 5.82 Å². The van der Waals surface area contributed by atoms with Gasteiger partial charge in [0.1, 0.15) is 0 Å². The highest BCUT2D eigenvalue weighted by molar-refractivity contribution is 6.99. The van der Waals surface area contributed by atoms with Crippen LogP contribution in [-0.2, 0) is 6.54 Å². The van der Waals surface area contributed by atoms with E-state index in [1.165, 1.54) is 11.7 Å². The maximum Gasteiger partial charge on any atom is 0.171 e. The molecule has 1 N–H and O–H groups in total. The van der Waals surface area contributed by atoms with Gasteiger partial charge in [-0.3, -0.25) is 0 Å². The average molecular weight is 209 g/mol. The lowest BCUT2D eigenvalue weighted by atomic mass is 10.4. The van der Waals surface area contributed by atoms with Crippen molar-refractivity contribution in [1.82, 2.24) is 18.3 Å². The summed E-state index contributed by atoms with van der Waals surface area (Å²) in [4.78, 5) is 4.27. The van der Waals surface area contributed by atoms with Crippen LogP contribution < -0.4 is 5.32 Å². The minimum Gasteiger partial charge on any atom is -0.370 e. The van der Waals surface area contributed by atoms with Gasteiger partial charge in [-0.25, -0.2) is 4.98 Å². The molecule has 2 aromatic heterocycles. The lowest BCUT2D eigenvalue weighted by Crippen LogP contribution is -1.99. The van der Waals surface area contributed by atoms with Gasteiger partial charge in [-0.15, -0.1) is 0 Å². The smallest absolute Gasteiger partial charge is 0.171 e. The van der Waals surface area contributed by atoms with Gasteiger partial charge in [0, 0.05) is 26.0 Å². The Kier molecular flexibility index (Phi) is 2.45. The monoisotopic (exact) mass is 209 g/mol. The molecule has 0 spiro atoms. The molecule has 74 valence electrons. The van der Waals surface area contributed by atoms with Crippen LogP contribution in [0.5, 0.6) is 0 Å². The van der Waals surface area contributed by atoms with Gasteiger partial charge in [-0.05, 0) is 6.92 Å². The first-order valence-electron chi connectivity index (χ1n) is 4.38. The number of hydrogen-bond donors (Lipinski definition) is 1. The SMILES string of the molecule is CCn1ccnc1-c1nsnc1NC. The highest BCUT2D eigenvalue weighted by Gasteiger charge is 2.13. The van der Waals surface area contributed by atoms with E-state index in [1.807, 2.05) is 17.8 Å². The molecule has 2 heterocycles. The second-order valence-electron chi connectivity index (χ2n) is 2.75. The first-order chi connectivity index (χ1) is 6.86. The molecule has 0 amide bonds. The second-order valence-corrected chi connectivity index (χ2v) is 3.28. The molecule has 0 aliphatic rings. The molecule has 0 fully saturated rings. The largest absolute Gasteiger partial charge is 0.370 e. The maximum absolute atomic E-state index is 4.27. The van der Waals surface area contributed by atoms with E-state index in [0.29, 0.717) is 0 Å². The van der Waals surface area contributed by atoms with E-state index in [1.54, 1.807) is 6.20 Å². The molecule has 0 atom stereocenters. The van der Waals surface area contributed by atoms with Gasteiger partial charge in [0.2, 0.25) is 0 Å². The zero-order valence-electron chi connectivity index (χ0n) is 8.06. The predicted octanol–water partition coefficient (Wildman–Crippen LogP) is 1.46. The molecule has 5 nitrogen and oxygen atoms in total. The Labute approximate surface area is 86.1 Å². The lowest BCUT2D eigenvalue weighted by molar-refractivity contribution is 0.769. The van der Waals surface area contributed by atoms with Crippen LogP contribution in [0.2, 0.25) is 0 Å². The number of aromatic nitrogens is 4. The normalized spacial score (nSPS) is 10.4. The molecule has 2 aromatic rings. The summed E-state index contributed by atoms with van der Waals surface area (Å²) in [5, 5.41) is 3.00. The molecule has 0 aromatic carbocycles. The van der Waals surface area contributed by atoms with Crippen LogP contribution >= 0.6 is 11.7 Å². The van der Waals surface area contributed by atoms with E-state index in [0.717, 1.165) is 23.9 Å². The van der Waals surface area contributed by atoms with Crippen molar-refractivity contribution in [1.29, 1.82) is 0 Å². The van der Waals surface area contributed by atoms with Gasteiger partial charge >= 0.3 is 0 Å². The Morgan fingerprint density at radius 1 is 1.50 bits per heavy atom. The summed E-state index contributed by atoms with van der Waals surface area (Å²) in [5.74, 6) is 1.65. The molecule has 0 bridgehead atoms. The van der Waals surface area contributed by atoms with Crippen LogP contribution in [0.25, 0.3) is 11.5 Å². The molecule has 6 heteroatoms. The van der Waals surface area contributed by atoms with Crippen LogP contribution in [0.3, 0.4) is 0 Å². The Morgan fingerprint density at radius 2 is 2.36 bits per heavy atom. The minimum atomic E-state index is 0.788. The molecule has 0 unspecified atom stereocenters. The summed E-state index contributed by atoms with van der Waals surface area (Å²) in [6, 6.07) is 0. The predicted molar refractivity (Wildman–Crippen MR) is 56.4 cm³/mol. The van der Waals surface area contributed by atoms with Gasteiger partial charge in [0.15, 0.2) is 17.3 Å². The van der Waals surface area contributed by atoms with Gasteiger partial charge in [0.25, 0.3) is 0 Å². The fourth-order valence-corrected chi connectivity index (χ4v) is 1.83. The van der Waals surface area contributed by atoms with Crippen molar-refractivity contribution in [3.05, 3.63) is 12.4 Å². The average Bonchev–Trinajstić information content (AvgIpc) is 2.85. The number of rotatable bonds is 3. The first-order valence-corrected chi connectivity index (χ1v) is 5.11. The standard InChI is InChI=1S/C8H11N5S/c1-3-13-5-4-10-8(13)6-7(9-2)12-14-11-6/h4-5H,3H2,1-2H3,(H,9,12). The fraction of sp³-hybridized carbons (Fsp3) is 0.375. The summed E-state index contributed by atoms with van der Waals surface area (Å²) in [5.41, 5.74) is 0.823. The molecule has 14 heavy (non-hydrogen) atoms. The maximum atomic E-state index is 4.27. The van der Waals surface area contributed by atoms with Crippen molar-refractivity contribution in [3.8, 4) is 11.5 Å². The summed E-state index contributed by atoms with van der Waals surface area (Å²) >= 11 is 1.19. The van der Waals surface area contributed by atoms with E-state index in [2.05, 4.69) is 26.0 Å². The van der Waals surface area contributed by atoms with Crippen LogP contribution in [0.15, 0.2) is 12.4 Å². The number of nitrogens with one attached hydrogen (secondary N) is 1. The number of aryl methyl sites for hydroxylation is 1. The van der Waals surface area contributed by atoms with Gasteiger partial charge in [-0.1, -0.05) is 0 Å². The molecule has 0 saturated carbocycles. The van der Waals surface area contributed by atoms with Crippen LogP contribution in [0.1, 0.15) is 6.92 Å². The highest BCUT2D eigenvalue weighted by Crippen LogP contribution is 2.23. The van der Waals surface area contributed by atoms with Crippen molar-refractivity contribution >= 4 is 17.5 Å². The Morgan fingerprint density at radius 3 is 3.07 bits per heavy atom. The van der Waals surface area contributed by atoms with E-state index >= 15 is 0 Å². The Bertz CT molecular complexity index is 379. The van der Waals surface area contributed by atoms with Crippen LogP contribution in [0, 0.1) is 0 Å². The van der Waals surface area contributed by atoms with E-state index in [9.17, 15) is 0 Å². The molecule has 0 aliphatic heterocycles. The molecular formula is C8H11N5S. The third kappa shape index (κ3) is 1.37. The Balaban J connectivity index is 2.48. The van der Waals surface area contributed by atoms with E-state index < -0.39 is 0 Å².